The van der Waals surface area contributed by atoms with Gasteiger partial charge >= 0.3 is 5.97 Å². The first-order chi connectivity index (χ1) is 7.57. The second-order valence-corrected chi connectivity index (χ2v) is 6.12. The Balaban J connectivity index is 3.48. The maximum atomic E-state index is 11.4. The van der Waals surface area contributed by atoms with Gasteiger partial charge in [-0.25, -0.2) is 18.4 Å². The van der Waals surface area contributed by atoms with Crippen molar-refractivity contribution in [2.45, 2.75) is 31.1 Å². The summed E-state index contributed by atoms with van der Waals surface area (Å²) in [5.41, 5.74) is -0.589. The number of hydrogen-bond acceptors (Lipinski definition) is 5. The van der Waals surface area contributed by atoms with Gasteiger partial charge in [-0.3, -0.25) is 0 Å². The third-order valence-electron chi connectivity index (χ3n) is 2.07. The van der Waals surface area contributed by atoms with Gasteiger partial charge in [0.25, 0.3) is 0 Å². The molecular formula is C10H15NO5S. The molecule has 0 aliphatic heterocycles. The number of furan rings is 1. The standard InChI is InChI=1S/C10H15NO5S/c1-10(2,3)8-7(17(11,13)14)5-6(16-8)9(12)15-4/h5H,1-4H3,(H2,11,13,14). The molecule has 1 aromatic heterocycles. The Kier molecular flexibility index (Phi) is 3.35. The maximum absolute atomic E-state index is 11.4. The zero-order valence-electron chi connectivity index (χ0n) is 10.1. The molecule has 7 heteroatoms. The highest BCUT2D eigenvalue weighted by Crippen LogP contribution is 2.31. The Labute approximate surface area is 99.8 Å². The lowest BCUT2D eigenvalue weighted by Gasteiger charge is -2.16. The van der Waals surface area contributed by atoms with Gasteiger partial charge in [-0.1, -0.05) is 20.8 Å². The van der Waals surface area contributed by atoms with E-state index in [-0.39, 0.29) is 16.4 Å². The van der Waals surface area contributed by atoms with Crippen LogP contribution in [-0.2, 0) is 20.2 Å². The van der Waals surface area contributed by atoms with Crippen LogP contribution in [0.15, 0.2) is 15.4 Å². The molecule has 2 N–H and O–H groups in total. The first kappa shape index (κ1) is 13.7. The van der Waals surface area contributed by atoms with E-state index >= 15 is 0 Å². The molecule has 0 bridgehead atoms. The van der Waals surface area contributed by atoms with E-state index in [4.69, 9.17) is 9.56 Å². The number of carbonyl (C=O) groups excluding carboxylic acids is 1. The predicted octanol–water partition coefficient (Wildman–Crippen LogP) is 1.01. The first-order valence-electron chi connectivity index (χ1n) is 4.83. The van der Waals surface area contributed by atoms with Gasteiger partial charge in [0.15, 0.2) is 0 Å². The largest absolute Gasteiger partial charge is 0.463 e. The van der Waals surface area contributed by atoms with Crippen molar-refractivity contribution in [1.82, 2.24) is 0 Å². The molecular weight excluding hydrogens is 246 g/mol. The van der Waals surface area contributed by atoms with Crippen LogP contribution in [0, 0.1) is 0 Å². The van der Waals surface area contributed by atoms with Crippen molar-refractivity contribution in [3.63, 3.8) is 0 Å². The molecule has 6 nitrogen and oxygen atoms in total. The van der Waals surface area contributed by atoms with Crippen LogP contribution in [0.25, 0.3) is 0 Å². The molecule has 0 amide bonds. The molecule has 1 aromatic rings. The van der Waals surface area contributed by atoms with Crippen molar-refractivity contribution < 1.29 is 22.4 Å². The van der Waals surface area contributed by atoms with Crippen LogP contribution in [0.3, 0.4) is 0 Å². The van der Waals surface area contributed by atoms with Crippen LogP contribution in [-0.4, -0.2) is 21.5 Å². The van der Waals surface area contributed by atoms with E-state index in [9.17, 15) is 13.2 Å². The van der Waals surface area contributed by atoms with Gasteiger partial charge < -0.3 is 9.15 Å². The number of esters is 1. The summed E-state index contributed by atoms with van der Waals surface area (Å²) in [4.78, 5) is 11.1. The summed E-state index contributed by atoms with van der Waals surface area (Å²) in [5.74, 6) is -0.785. The number of rotatable bonds is 2. The molecule has 0 saturated heterocycles. The molecule has 96 valence electrons. The highest BCUT2D eigenvalue weighted by molar-refractivity contribution is 7.89. The highest BCUT2D eigenvalue weighted by atomic mass is 32.2. The smallest absolute Gasteiger partial charge is 0.373 e. The number of sulfonamides is 1. The molecule has 0 atom stereocenters. The number of hydrogen-bond donors (Lipinski definition) is 1. The number of nitrogens with two attached hydrogens (primary N) is 1. The Bertz CT molecular complexity index is 536. The number of primary sulfonamides is 1. The minimum Gasteiger partial charge on any atom is -0.463 e. The molecule has 0 aromatic carbocycles. The van der Waals surface area contributed by atoms with Crippen LogP contribution >= 0.6 is 0 Å². The fourth-order valence-electron chi connectivity index (χ4n) is 1.31. The second kappa shape index (κ2) is 4.15. The Morgan fingerprint density at radius 1 is 1.41 bits per heavy atom. The van der Waals surface area contributed by atoms with Crippen molar-refractivity contribution in [3.8, 4) is 0 Å². The third kappa shape index (κ3) is 2.86. The third-order valence-corrected chi connectivity index (χ3v) is 2.99. The van der Waals surface area contributed by atoms with E-state index in [1.807, 2.05) is 0 Å². The van der Waals surface area contributed by atoms with E-state index in [1.165, 1.54) is 7.11 Å². The first-order valence-corrected chi connectivity index (χ1v) is 6.37. The molecule has 1 rings (SSSR count). The Morgan fingerprint density at radius 3 is 2.24 bits per heavy atom. The van der Waals surface area contributed by atoms with Gasteiger partial charge in [0.2, 0.25) is 15.8 Å². The molecule has 0 saturated carbocycles. The summed E-state index contributed by atoms with van der Waals surface area (Å²) in [6.45, 7) is 5.25. The van der Waals surface area contributed by atoms with Crippen molar-refractivity contribution in [3.05, 3.63) is 17.6 Å². The molecule has 17 heavy (non-hydrogen) atoms. The van der Waals surface area contributed by atoms with Crippen molar-refractivity contribution >= 4 is 16.0 Å². The van der Waals surface area contributed by atoms with Gasteiger partial charge in [0, 0.05) is 11.5 Å². The topological polar surface area (TPSA) is 99.6 Å². The fourth-order valence-corrected chi connectivity index (χ4v) is 2.19. The monoisotopic (exact) mass is 261 g/mol. The van der Waals surface area contributed by atoms with E-state index < -0.39 is 21.4 Å². The summed E-state index contributed by atoms with van der Waals surface area (Å²) in [5, 5.41) is 5.07. The SMILES string of the molecule is COC(=O)c1cc(S(N)(=O)=O)c(C(C)(C)C)o1. The normalized spacial score (nSPS) is 12.5. The zero-order chi connectivity index (χ0) is 13.4. The van der Waals surface area contributed by atoms with Crippen molar-refractivity contribution in [2.24, 2.45) is 5.14 Å². The van der Waals surface area contributed by atoms with Crippen LogP contribution in [0.5, 0.6) is 0 Å². The summed E-state index contributed by atoms with van der Waals surface area (Å²) in [7, 11) is -2.76. The Hall–Kier alpha value is -1.34. The van der Waals surface area contributed by atoms with E-state index in [0.29, 0.717) is 0 Å². The van der Waals surface area contributed by atoms with Gasteiger partial charge in [-0.2, -0.15) is 0 Å². The Morgan fingerprint density at radius 2 is 1.94 bits per heavy atom. The number of carbonyl (C=O) groups is 1. The van der Waals surface area contributed by atoms with Crippen LogP contribution in [0.4, 0.5) is 0 Å². The summed E-state index contributed by atoms with van der Waals surface area (Å²) in [6, 6.07) is 1.09. The maximum Gasteiger partial charge on any atom is 0.373 e. The minimum atomic E-state index is -3.94. The van der Waals surface area contributed by atoms with E-state index in [1.54, 1.807) is 20.8 Å². The fraction of sp³-hybridized carbons (Fsp3) is 0.500. The molecule has 0 aliphatic rings. The van der Waals surface area contributed by atoms with E-state index in [0.717, 1.165) is 6.07 Å². The quantitative estimate of drug-likeness (QED) is 0.801. The van der Waals surface area contributed by atoms with Crippen LogP contribution in [0.1, 0.15) is 37.1 Å². The summed E-state index contributed by atoms with van der Waals surface area (Å²) >= 11 is 0. The lowest BCUT2D eigenvalue weighted by molar-refractivity contribution is 0.0561. The zero-order valence-corrected chi connectivity index (χ0v) is 10.9. The average Bonchev–Trinajstić information content (AvgIpc) is 2.59. The van der Waals surface area contributed by atoms with Crippen molar-refractivity contribution in [2.75, 3.05) is 7.11 Å². The molecule has 0 aliphatic carbocycles. The predicted molar refractivity (Wildman–Crippen MR) is 60.1 cm³/mol. The van der Waals surface area contributed by atoms with Crippen LogP contribution in [0.2, 0.25) is 0 Å². The average molecular weight is 261 g/mol. The van der Waals surface area contributed by atoms with Gasteiger partial charge in [-0.05, 0) is 0 Å². The lowest BCUT2D eigenvalue weighted by Crippen LogP contribution is -2.19. The van der Waals surface area contributed by atoms with E-state index in [2.05, 4.69) is 4.74 Å². The van der Waals surface area contributed by atoms with Gasteiger partial charge in [0.05, 0.1) is 7.11 Å². The number of ether oxygens (including phenoxy) is 1. The van der Waals surface area contributed by atoms with Gasteiger partial charge in [0.1, 0.15) is 10.7 Å². The number of methoxy groups -OCH3 is 1. The molecule has 0 fully saturated rings. The van der Waals surface area contributed by atoms with Crippen molar-refractivity contribution in [1.29, 1.82) is 0 Å². The van der Waals surface area contributed by atoms with Gasteiger partial charge in [-0.15, -0.1) is 0 Å². The lowest BCUT2D eigenvalue weighted by atomic mass is 9.93. The molecule has 0 spiro atoms. The van der Waals surface area contributed by atoms with Crippen LogP contribution < -0.4 is 5.14 Å². The minimum absolute atomic E-state index is 0.139. The summed E-state index contributed by atoms with van der Waals surface area (Å²) < 4.78 is 32.5. The molecule has 0 radical (unpaired) electrons. The molecule has 0 unspecified atom stereocenters. The summed E-state index contributed by atoms with van der Waals surface area (Å²) in [6.07, 6.45) is 0. The second-order valence-electron chi connectivity index (χ2n) is 4.59. The highest BCUT2D eigenvalue weighted by Gasteiger charge is 2.31. The molecule has 1 heterocycles.